The van der Waals surface area contributed by atoms with Crippen LogP contribution in [0.1, 0.15) is 0 Å². The van der Waals surface area contributed by atoms with Gasteiger partial charge in [0.2, 0.25) is 0 Å². The lowest BCUT2D eigenvalue weighted by Gasteiger charge is -2.22. The maximum Gasteiger partial charge on any atom is 0.146 e. The van der Waals surface area contributed by atoms with Gasteiger partial charge < -0.3 is 0 Å². The van der Waals surface area contributed by atoms with Gasteiger partial charge in [-0.05, 0) is 36.4 Å². The quantitative estimate of drug-likeness (QED) is 0.561. The van der Waals surface area contributed by atoms with E-state index in [0.29, 0.717) is 0 Å². The second kappa shape index (κ2) is 6.54. The maximum absolute atomic E-state index is 7.63. The predicted octanol–water partition coefficient (Wildman–Crippen LogP) is 3.74. The molecule has 0 aliphatic heterocycles. The van der Waals surface area contributed by atoms with Gasteiger partial charge in [-0.15, -0.1) is 0 Å². The summed E-state index contributed by atoms with van der Waals surface area (Å²) in [5.74, 6) is 4.53. The molecular weight excluding hydrogens is 285 g/mol. The third-order valence-electron chi connectivity index (χ3n) is 3.75. The number of hydrogen-bond donors (Lipinski definition) is 1. The molecule has 0 saturated heterocycles. The van der Waals surface area contributed by atoms with Gasteiger partial charge in [-0.25, -0.2) is 0 Å². The summed E-state index contributed by atoms with van der Waals surface area (Å²) in [4.78, 5) is 0. The first-order valence-electron chi connectivity index (χ1n) is 7.20. The number of nitrogens with one attached hydrogen (secondary N) is 1. The molecule has 22 heavy (non-hydrogen) atoms. The largest absolute Gasteiger partial charge is 0.256 e. The van der Waals surface area contributed by atoms with Crippen molar-refractivity contribution in [3.63, 3.8) is 0 Å². The molecule has 3 aromatic carbocycles. The minimum absolute atomic E-state index is 1.24. The lowest BCUT2D eigenvalue weighted by Crippen LogP contribution is -2.29. The van der Waals surface area contributed by atoms with Crippen molar-refractivity contribution < 1.29 is 0 Å². The van der Waals surface area contributed by atoms with E-state index in [1.165, 1.54) is 15.9 Å². The molecule has 1 nitrogen and oxygen atoms in total. The Bertz CT molecular complexity index is 679. The van der Waals surface area contributed by atoms with E-state index in [-0.39, 0.29) is 0 Å². The highest BCUT2D eigenvalue weighted by molar-refractivity contribution is 7.98. The smallest absolute Gasteiger partial charge is 0.146 e. The van der Waals surface area contributed by atoms with Crippen LogP contribution >= 0.6 is 7.26 Å². The molecular formula is C20H17NP+. The highest BCUT2D eigenvalue weighted by Gasteiger charge is 2.43. The fourth-order valence-electron chi connectivity index (χ4n) is 2.76. The Morgan fingerprint density at radius 1 is 0.591 bits per heavy atom. The molecule has 0 bridgehead atoms. The topological polar surface area (TPSA) is 23.9 Å². The molecule has 3 rings (SSSR count). The summed E-state index contributed by atoms with van der Waals surface area (Å²) < 4.78 is 0. The van der Waals surface area contributed by atoms with Crippen LogP contribution < -0.4 is 15.9 Å². The zero-order chi connectivity index (χ0) is 15.3. The van der Waals surface area contributed by atoms with Gasteiger partial charge in [0.25, 0.3) is 0 Å². The molecule has 0 radical (unpaired) electrons. The minimum atomic E-state index is -1.98. The average molecular weight is 302 g/mol. The van der Waals surface area contributed by atoms with Crippen molar-refractivity contribution in [1.82, 2.24) is 0 Å². The lowest BCUT2D eigenvalue weighted by atomic mass is 10.4. The summed E-state index contributed by atoms with van der Waals surface area (Å²) in [6.07, 6.45) is 0. The molecule has 0 aromatic heterocycles. The van der Waals surface area contributed by atoms with E-state index in [2.05, 4.69) is 78.7 Å². The lowest BCUT2D eigenvalue weighted by molar-refractivity contribution is 1.60. The highest BCUT2D eigenvalue weighted by Crippen LogP contribution is 2.55. The van der Waals surface area contributed by atoms with E-state index in [1.807, 2.05) is 24.0 Å². The Balaban J connectivity index is 2.37. The van der Waals surface area contributed by atoms with Crippen LogP contribution in [0.25, 0.3) is 0 Å². The minimum Gasteiger partial charge on any atom is -0.256 e. The van der Waals surface area contributed by atoms with Crippen molar-refractivity contribution >= 4 is 29.0 Å². The molecule has 0 atom stereocenters. The molecule has 2 heteroatoms. The Morgan fingerprint density at radius 2 is 0.909 bits per heavy atom. The summed E-state index contributed by atoms with van der Waals surface area (Å²) in [5, 5.41) is 11.4. The molecule has 106 valence electrons. The van der Waals surface area contributed by atoms with E-state index < -0.39 is 7.26 Å². The molecule has 0 unspecified atom stereocenters. The second-order valence-electron chi connectivity index (χ2n) is 5.00. The van der Waals surface area contributed by atoms with Gasteiger partial charge in [0, 0.05) is 5.87 Å². The Morgan fingerprint density at radius 3 is 1.18 bits per heavy atom. The van der Waals surface area contributed by atoms with Gasteiger partial charge in [0.1, 0.15) is 29.0 Å². The van der Waals surface area contributed by atoms with E-state index in [4.69, 9.17) is 5.41 Å². The van der Waals surface area contributed by atoms with Crippen LogP contribution in [0.2, 0.25) is 0 Å². The van der Waals surface area contributed by atoms with Gasteiger partial charge in [-0.3, -0.25) is 5.41 Å². The fourth-order valence-corrected chi connectivity index (χ4v) is 6.22. The Hall–Kier alpha value is -2.46. The summed E-state index contributed by atoms with van der Waals surface area (Å²) >= 11 is 0. The van der Waals surface area contributed by atoms with Crippen LogP contribution in [-0.2, 0) is 0 Å². The monoisotopic (exact) mass is 302 g/mol. The van der Waals surface area contributed by atoms with Crippen molar-refractivity contribution in [3.05, 3.63) is 96.8 Å². The number of hydrogen-bond acceptors (Lipinski definition) is 1. The first-order chi connectivity index (χ1) is 10.9. The summed E-state index contributed by atoms with van der Waals surface area (Å²) in [7, 11) is -1.98. The van der Waals surface area contributed by atoms with Crippen LogP contribution in [0.15, 0.2) is 96.8 Å². The van der Waals surface area contributed by atoms with Crippen molar-refractivity contribution in [3.8, 4) is 0 Å². The zero-order valence-corrected chi connectivity index (χ0v) is 13.1. The predicted molar refractivity (Wildman–Crippen MR) is 97.4 cm³/mol. The van der Waals surface area contributed by atoms with E-state index >= 15 is 0 Å². The first kappa shape index (κ1) is 14.5. The molecule has 1 N–H and O–H groups in total. The Labute approximate surface area is 131 Å². The highest BCUT2D eigenvalue weighted by atomic mass is 31.2. The fraction of sp³-hybridized carbons (Fsp3) is 0. The molecule has 0 heterocycles. The van der Waals surface area contributed by atoms with Crippen LogP contribution in [0.5, 0.6) is 0 Å². The van der Waals surface area contributed by atoms with Gasteiger partial charge in [0.05, 0.1) is 0 Å². The van der Waals surface area contributed by atoms with Crippen molar-refractivity contribution in [2.75, 3.05) is 0 Å². The van der Waals surface area contributed by atoms with E-state index in [9.17, 15) is 0 Å². The van der Waals surface area contributed by atoms with Gasteiger partial charge >= 0.3 is 0 Å². The zero-order valence-electron chi connectivity index (χ0n) is 12.2. The Kier molecular flexibility index (Phi) is 4.30. The van der Waals surface area contributed by atoms with Crippen molar-refractivity contribution in [1.29, 1.82) is 5.41 Å². The standard InChI is InChI=1S/C20H17NP/c21-16-17-22(18-10-4-1-5-11-18,19-12-6-2-7-13-19)20-14-8-3-9-15-20/h1-15,17,21H/q+1. The third kappa shape index (κ3) is 2.53. The third-order valence-corrected chi connectivity index (χ3v) is 7.60. The van der Waals surface area contributed by atoms with Gasteiger partial charge in [-0.1, -0.05) is 54.6 Å². The summed E-state index contributed by atoms with van der Waals surface area (Å²) in [6, 6.07) is 31.4. The molecule has 0 saturated carbocycles. The maximum atomic E-state index is 7.63. The summed E-state index contributed by atoms with van der Waals surface area (Å²) in [5.41, 5.74) is 0. The van der Waals surface area contributed by atoms with Crippen LogP contribution in [0.3, 0.4) is 0 Å². The summed E-state index contributed by atoms with van der Waals surface area (Å²) in [6.45, 7) is 0. The molecule has 0 spiro atoms. The number of rotatable bonds is 4. The molecule has 0 aliphatic rings. The normalized spacial score (nSPS) is 10.7. The SMILES string of the molecule is N=C=C[P+](c1ccccc1)(c1ccccc1)c1ccccc1. The van der Waals surface area contributed by atoms with E-state index in [0.717, 1.165) is 0 Å². The molecule has 0 amide bonds. The van der Waals surface area contributed by atoms with Crippen molar-refractivity contribution in [2.45, 2.75) is 0 Å². The van der Waals surface area contributed by atoms with E-state index in [1.54, 1.807) is 0 Å². The van der Waals surface area contributed by atoms with Crippen LogP contribution in [-0.4, -0.2) is 5.87 Å². The number of benzene rings is 3. The van der Waals surface area contributed by atoms with Gasteiger partial charge in [-0.2, -0.15) is 0 Å². The van der Waals surface area contributed by atoms with Gasteiger partial charge in [0.15, 0.2) is 0 Å². The first-order valence-corrected chi connectivity index (χ1v) is 9.06. The van der Waals surface area contributed by atoms with Crippen LogP contribution in [0, 0.1) is 5.41 Å². The second-order valence-corrected chi connectivity index (χ2v) is 8.26. The van der Waals surface area contributed by atoms with Crippen LogP contribution in [0.4, 0.5) is 0 Å². The molecule has 3 aromatic rings. The molecule has 0 fully saturated rings. The van der Waals surface area contributed by atoms with Crippen molar-refractivity contribution in [2.24, 2.45) is 0 Å². The average Bonchev–Trinajstić information content (AvgIpc) is 2.62. The molecule has 0 aliphatic carbocycles.